The number of carbonyl (C=O) groups excluding carboxylic acids is 1. The highest BCUT2D eigenvalue weighted by Crippen LogP contribution is 2.31. The molecule has 1 fully saturated rings. The summed E-state index contributed by atoms with van der Waals surface area (Å²) in [5.74, 6) is 0.897. The van der Waals surface area contributed by atoms with Crippen LogP contribution in [0.4, 0.5) is 5.13 Å². The molecule has 5 nitrogen and oxygen atoms in total. The van der Waals surface area contributed by atoms with Crippen LogP contribution < -0.4 is 5.73 Å². The van der Waals surface area contributed by atoms with Gasteiger partial charge in [0.15, 0.2) is 5.13 Å². The number of amides is 1. The van der Waals surface area contributed by atoms with E-state index in [1.807, 2.05) is 22.4 Å². The highest BCUT2D eigenvalue weighted by molar-refractivity contribution is 7.15. The van der Waals surface area contributed by atoms with Crippen molar-refractivity contribution in [3.63, 3.8) is 0 Å². The van der Waals surface area contributed by atoms with E-state index in [0.29, 0.717) is 12.0 Å². The van der Waals surface area contributed by atoms with Gasteiger partial charge in [-0.25, -0.2) is 4.98 Å². The first-order chi connectivity index (χ1) is 13.6. The highest BCUT2D eigenvalue weighted by atomic mass is 32.1. The second kappa shape index (κ2) is 8.93. The predicted octanol–water partition coefficient (Wildman–Crippen LogP) is 3.91. The number of nitrogens with zero attached hydrogens (tertiary/aromatic N) is 3. The summed E-state index contributed by atoms with van der Waals surface area (Å²) in [4.78, 5) is 24.1. The molecule has 2 aromatic rings. The standard InChI is InChI=1S/C21H30N4OS2/c1-2-9-25(16-5-6-17-19(13-16)28-21(22)23-17)14-15-7-10-24(11-8-15)20(26)18-4-3-12-27-18/h3-4,12,15-16H,2,5-11,13-14H2,1H3,(H2,22,23)/t16-/m0/s1. The van der Waals surface area contributed by atoms with E-state index < -0.39 is 0 Å². The molecule has 0 saturated carbocycles. The third-order valence-corrected chi connectivity index (χ3v) is 7.89. The zero-order valence-corrected chi connectivity index (χ0v) is 18.2. The molecule has 1 saturated heterocycles. The Morgan fingerprint density at radius 3 is 2.89 bits per heavy atom. The van der Waals surface area contributed by atoms with E-state index in [1.165, 1.54) is 23.4 Å². The Balaban J connectivity index is 1.32. The third kappa shape index (κ3) is 4.42. The van der Waals surface area contributed by atoms with Crippen molar-refractivity contribution in [2.45, 2.75) is 51.5 Å². The van der Waals surface area contributed by atoms with E-state index in [-0.39, 0.29) is 5.91 Å². The van der Waals surface area contributed by atoms with E-state index in [9.17, 15) is 4.79 Å². The SMILES string of the molecule is CCCN(CC1CCN(C(=O)c2cccs2)CC1)[C@H]1CCc2nc(N)sc2C1. The molecule has 4 rings (SSSR count). The molecule has 1 aliphatic heterocycles. The number of hydrogen-bond acceptors (Lipinski definition) is 6. The van der Waals surface area contributed by atoms with Crippen LogP contribution >= 0.6 is 22.7 Å². The third-order valence-electron chi connectivity index (χ3n) is 6.08. The highest BCUT2D eigenvalue weighted by Gasteiger charge is 2.30. The van der Waals surface area contributed by atoms with Gasteiger partial charge in [-0.05, 0) is 62.4 Å². The minimum Gasteiger partial charge on any atom is -0.375 e. The summed E-state index contributed by atoms with van der Waals surface area (Å²) in [6.07, 6.45) is 6.75. The molecule has 0 unspecified atom stereocenters. The number of piperidine rings is 1. The van der Waals surface area contributed by atoms with Gasteiger partial charge in [0, 0.05) is 30.6 Å². The first kappa shape index (κ1) is 19.9. The van der Waals surface area contributed by atoms with Gasteiger partial charge < -0.3 is 10.6 Å². The van der Waals surface area contributed by atoms with Gasteiger partial charge >= 0.3 is 0 Å². The van der Waals surface area contributed by atoms with Crippen LogP contribution in [0.5, 0.6) is 0 Å². The number of aryl methyl sites for hydroxylation is 1. The summed E-state index contributed by atoms with van der Waals surface area (Å²) in [7, 11) is 0. The lowest BCUT2D eigenvalue weighted by atomic mass is 9.92. The minimum atomic E-state index is 0.210. The number of rotatable bonds is 6. The van der Waals surface area contributed by atoms with E-state index >= 15 is 0 Å². The Morgan fingerprint density at radius 2 is 2.18 bits per heavy atom. The topological polar surface area (TPSA) is 62.5 Å². The zero-order chi connectivity index (χ0) is 19.5. The van der Waals surface area contributed by atoms with Gasteiger partial charge in [-0.15, -0.1) is 22.7 Å². The number of anilines is 1. The molecule has 2 aliphatic rings. The zero-order valence-electron chi connectivity index (χ0n) is 16.6. The van der Waals surface area contributed by atoms with Crippen LogP contribution in [0.25, 0.3) is 0 Å². The Hall–Kier alpha value is -1.44. The lowest BCUT2D eigenvalue weighted by Gasteiger charge is -2.39. The fourth-order valence-corrected chi connectivity index (χ4v) is 6.25. The Kier molecular flexibility index (Phi) is 6.33. The smallest absolute Gasteiger partial charge is 0.263 e. The van der Waals surface area contributed by atoms with Gasteiger partial charge in [0.1, 0.15) is 0 Å². The van der Waals surface area contributed by atoms with Crippen molar-refractivity contribution in [1.82, 2.24) is 14.8 Å². The van der Waals surface area contributed by atoms with Crippen molar-refractivity contribution >= 4 is 33.7 Å². The predicted molar refractivity (Wildman–Crippen MR) is 117 cm³/mol. The molecule has 1 amide bonds. The fraction of sp³-hybridized carbons (Fsp3) is 0.619. The molecule has 0 bridgehead atoms. The average Bonchev–Trinajstić information content (AvgIpc) is 3.36. The number of hydrogen-bond donors (Lipinski definition) is 1. The molecule has 1 atom stereocenters. The summed E-state index contributed by atoms with van der Waals surface area (Å²) in [6, 6.07) is 4.50. The van der Waals surface area contributed by atoms with Crippen LogP contribution in [-0.4, -0.2) is 52.9 Å². The van der Waals surface area contributed by atoms with Crippen molar-refractivity contribution in [2.24, 2.45) is 5.92 Å². The van der Waals surface area contributed by atoms with E-state index in [0.717, 1.165) is 61.9 Å². The number of thiophene rings is 1. The van der Waals surface area contributed by atoms with Crippen molar-refractivity contribution in [3.8, 4) is 0 Å². The number of nitrogen functional groups attached to an aromatic ring is 1. The molecule has 0 aromatic carbocycles. The van der Waals surface area contributed by atoms with Gasteiger partial charge in [0.25, 0.3) is 5.91 Å². The molecular formula is C21H30N4OS2. The van der Waals surface area contributed by atoms with Crippen molar-refractivity contribution in [2.75, 3.05) is 31.9 Å². The minimum absolute atomic E-state index is 0.210. The van der Waals surface area contributed by atoms with Crippen LogP contribution in [-0.2, 0) is 12.8 Å². The fourth-order valence-electron chi connectivity index (χ4n) is 4.61. The maximum atomic E-state index is 12.6. The molecule has 1 aliphatic carbocycles. The normalized spacial score (nSPS) is 20.5. The molecule has 0 radical (unpaired) electrons. The van der Waals surface area contributed by atoms with Crippen molar-refractivity contribution in [1.29, 1.82) is 0 Å². The van der Waals surface area contributed by atoms with Gasteiger partial charge in [0.2, 0.25) is 0 Å². The summed E-state index contributed by atoms with van der Waals surface area (Å²) in [5, 5.41) is 2.70. The number of fused-ring (bicyclic) bond motifs is 1. The maximum absolute atomic E-state index is 12.6. The quantitative estimate of drug-likeness (QED) is 0.773. The van der Waals surface area contributed by atoms with Crippen LogP contribution in [0.3, 0.4) is 0 Å². The summed E-state index contributed by atoms with van der Waals surface area (Å²) >= 11 is 3.22. The number of thiazole rings is 1. The lowest BCUT2D eigenvalue weighted by molar-refractivity contribution is 0.0647. The first-order valence-corrected chi connectivity index (χ1v) is 12.1. The Bertz CT molecular complexity index is 780. The van der Waals surface area contributed by atoms with E-state index in [1.54, 1.807) is 22.7 Å². The van der Waals surface area contributed by atoms with Crippen molar-refractivity contribution < 1.29 is 4.79 Å². The van der Waals surface area contributed by atoms with Gasteiger partial charge in [-0.1, -0.05) is 13.0 Å². The number of carbonyl (C=O) groups is 1. The number of likely N-dealkylation sites (tertiary alicyclic amines) is 1. The van der Waals surface area contributed by atoms with Gasteiger partial charge in [0.05, 0.1) is 10.6 Å². The van der Waals surface area contributed by atoms with Crippen LogP contribution in [0.2, 0.25) is 0 Å². The molecular weight excluding hydrogens is 388 g/mol. The Morgan fingerprint density at radius 1 is 1.36 bits per heavy atom. The largest absolute Gasteiger partial charge is 0.375 e. The summed E-state index contributed by atoms with van der Waals surface area (Å²) < 4.78 is 0. The Labute approximate surface area is 175 Å². The molecule has 0 spiro atoms. The lowest BCUT2D eigenvalue weighted by Crippen LogP contribution is -2.45. The van der Waals surface area contributed by atoms with Crippen molar-refractivity contribution in [3.05, 3.63) is 33.0 Å². The molecule has 28 heavy (non-hydrogen) atoms. The molecule has 7 heteroatoms. The first-order valence-electron chi connectivity index (χ1n) is 10.4. The van der Waals surface area contributed by atoms with Crippen LogP contribution in [0.15, 0.2) is 17.5 Å². The van der Waals surface area contributed by atoms with E-state index in [4.69, 9.17) is 5.73 Å². The molecule has 2 aromatic heterocycles. The van der Waals surface area contributed by atoms with Crippen LogP contribution in [0.1, 0.15) is 52.8 Å². The molecule has 152 valence electrons. The number of aromatic nitrogens is 1. The van der Waals surface area contributed by atoms with E-state index in [2.05, 4.69) is 16.8 Å². The summed E-state index contributed by atoms with van der Waals surface area (Å²) in [6.45, 7) is 6.36. The number of nitrogens with two attached hydrogens (primary N) is 1. The monoisotopic (exact) mass is 418 g/mol. The molecule has 3 heterocycles. The van der Waals surface area contributed by atoms with Gasteiger partial charge in [-0.3, -0.25) is 9.69 Å². The van der Waals surface area contributed by atoms with Gasteiger partial charge in [-0.2, -0.15) is 0 Å². The molecule has 2 N–H and O–H groups in total. The second-order valence-corrected chi connectivity index (χ2v) is 10.1. The average molecular weight is 419 g/mol. The van der Waals surface area contributed by atoms with Crippen LogP contribution in [0, 0.1) is 5.92 Å². The second-order valence-electron chi connectivity index (χ2n) is 8.03. The maximum Gasteiger partial charge on any atom is 0.263 e. The summed E-state index contributed by atoms with van der Waals surface area (Å²) in [5.41, 5.74) is 7.15.